The van der Waals surface area contributed by atoms with E-state index in [0.29, 0.717) is 10.8 Å². The third kappa shape index (κ3) is 4.80. The van der Waals surface area contributed by atoms with Crippen molar-refractivity contribution in [3.8, 4) is 33.8 Å². The Hall–Kier alpha value is -5.26. The van der Waals surface area contributed by atoms with Gasteiger partial charge in [-0.2, -0.15) is 0 Å². The number of rotatable bonds is 5. The Kier molecular flexibility index (Phi) is 6.49. The maximum Gasteiger partial charge on any atom is 0.197 e. The van der Waals surface area contributed by atoms with Gasteiger partial charge in [0.05, 0.1) is 21.8 Å². The third-order valence-corrected chi connectivity index (χ3v) is 9.71. The average molecular weight is 565 g/mol. The molecule has 0 fully saturated rings. The number of aromatic amines is 1. The highest BCUT2D eigenvalue weighted by Gasteiger charge is 2.29. The summed E-state index contributed by atoms with van der Waals surface area (Å²) in [5.74, 6) is 0.485. The van der Waals surface area contributed by atoms with E-state index in [-0.39, 0.29) is 16.9 Å². The Balaban J connectivity index is 1.35. The summed E-state index contributed by atoms with van der Waals surface area (Å²) < 4.78 is 0. The molecule has 202 valence electrons. The van der Waals surface area contributed by atoms with Gasteiger partial charge in [-0.25, -0.2) is 0 Å². The molecule has 0 amide bonds. The number of fused-ring (bicyclic) bond motifs is 2. The molecule has 1 aromatic heterocycles. The van der Waals surface area contributed by atoms with Gasteiger partial charge in [0, 0.05) is 17.0 Å². The summed E-state index contributed by atoms with van der Waals surface area (Å²) in [6.45, 7) is 0. The number of hydrogen-bond acceptors (Lipinski definition) is 3. The molecule has 6 aromatic carbocycles. The smallest absolute Gasteiger partial charge is 0.197 e. The van der Waals surface area contributed by atoms with E-state index in [1.807, 2.05) is 60.7 Å². The highest BCUT2D eigenvalue weighted by atomic mass is 32.2. The summed E-state index contributed by atoms with van der Waals surface area (Å²) in [7, 11) is -0.482. The Labute approximate surface area is 245 Å². The molecule has 5 heteroatoms. The summed E-state index contributed by atoms with van der Waals surface area (Å²) in [5.41, 5.74) is 5.85. The van der Waals surface area contributed by atoms with Crippen LogP contribution < -0.4 is 5.43 Å². The van der Waals surface area contributed by atoms with Crippen molar-refractivity contribution < 1.29 is 10.2 Å². The minimum atomic E-state index is -0.482. The van der Waals surface area contributed by atoms with Gasteiger partial charge in [0.1, 0.15) is 11.5 Å². The summed E-state index contributed by atoms with van der Waals surface area (Å²) in [4.78, 5) is 20.3. The molecule has 0 saturated heterocycles. The number of phenolic OH excluding ortho intramolecular Hbond substituents is 2. The molecular weight excluding hydrogens is 538 g/mol. The van der Waals surface area contributed by atoms with Crippen LogP contribution in [0.25, 0.3) is 44.1 Å². The van der Waals surface area contributed by atoms with Crippen LogP contribution >= 0.6 is 0 Å². The van der Waals surface area contributed by atoms with Gasteiger partial charge in [0.2, 0.25) is 0 Å². The Morgan fingerprint density at radius 2 is 0.881 bits per heavy atom. The van der Waals surface area contributed by atoms with Gasteiger partial charge in [0.25, 0.3) is 0 Å². The van der Waals surface area contributed by atoms with Crippen molar-refractivity contribution in [2.75, 3.05) is 0 Å². The van der Waals surface area contributed by atoms with Crippen molar-refractivity contribution in [1.82, 2.24) is 4.98 Å². The Morgan fingerprint density at radius 3 is 1.40 bits per heavy atom. The van der Waals surface area contributed by atoms with E-state index in [1.165, 1.54) is 0 Å². The Morgan fingerprint density at radius 1 is 0.452 bits per heavy atom. The van der Waals surface area contributed by atoms with Crippen LogP contribution in [0.15, 0.2) is 159 Å². The fourth-order valence-electron chi connectivity index (χ4n) is 5.31. The lowest BCUT2D eigenvalue weighted by Crippen LogP contribution is -2.08. The second-order valence-electron chi connectivity index (χ2n) is 10.2. The van der Waals surface area contributed by atoms with E-state index in [4.69, 9.17) is 0 Å². The topological polar surface area (TPSA) is 73.3 Å². The summed E-state index contributed by atoms with van der Waals surface area (Å²) in [6, 6.07) is 45.2. The van der Waals surface area contributed by atoms with E-state index in [0.717, 1.165) is 48.0 Å². The van der Waals surface area contributed by atoms with Crippen molar-refractivity contribution in [3.63, 3.8) is 0 Å². The molecule has 0 atom stereocenters. The molecule has 7 rings (SSSR count). The van der Waals surface area contributed by atoms with E-state index in [2.05, 4.69) is 59.6 Å². The quantitative estimate of drug-likeness (QED) is 0.145. The van der Waals surface area contributed by atoms with Crippen molar-refractivity contribution in [2.24, 2.45) is 0 Å². The number of phenols is 2. The number of aromatic nitrogens is 1. The standard InChI is InChI=1S/C37H25NO3S/c39-28-13-5-24(6-14-28)26-9-17-30(18-10-26)42(31-19-11-27(12-20-31)25-7-15-29(40)16-8-25)32-21-22-36-34(23-32)37(41)33-3-1-2-4-35(33)38-36/h1-23H,(H2-,38,39,40,41)/p+1. The van der Waals surface area contributed by atoms with Gasteiger partial charge >= 0.3 is 0 Å². The summed E-state index contributed by atoms with van der Waals surface area (Å²) in [6.07, 6.45) is 0. The van der Waals surface area contributed by atoms with Gasteiger partial charge in [-0.15, -0.1) is 0 Å². The monoisotopic (exact) mass is 564 g/mol. The van der Waals surface area contributed by atoms with E-state index < -0.39 is 10.9 Å². The fourth-order valence-corrected chi connectivity index (χ4v) is 7.38. The molecule has 0 aliphatic heterocycles. The van der Waals surface area contributed by atoms with Crippen LogP contribution in [0.4, 0.5) is 0 Å². The molecule has 7 aromatic rings. The molecule has 0 saturated carbocycles. The highest BCUT2D eigenvalue weighted by Crippen LogP contribution is 2.35. The number of nitrogens with one attached hydrogen (secondary N) is 1. The molecular formula is C37H26NO3S+. The van der Waals surface area contributed by atoms with Crippen molar-refractivity contribution in [2.45, 2.75) is 14.7 Å². The zero-order valence-electron chi connectivity index (χ0n) is 22.5. The molecule has 4 nitrogen and oxygen atoms in total. The Bertz CT molecular complexity index is 2010. The van der Waals surface area contributed by atoms with Crippen LogP contribution in [0.3, 0.4) is 0 Å². The maximum atomic E-state index is 13.5. The molecule has 1 heterocycles. The number of pyridine rings is 1. The minimum absolute atomic E-state index is 0.0232. The van der Waals surface area contributed by atoms with Gasteiger partial charge < -0.3 is 15.2 Å². The molecule has 0 aliphatic carbocycles. The second kappa shape index (κ2) is 10.6. The van der Waals surface area contributed by atoms with E-state index >= 15 is 0 Å². The molecule has 0 radical (unpaired) electrons. The van der Waals surface area contributed by atoms with Gasteiger partial charge in [-0.3, -0.25) is 4.79 Å². The van der Waals surface area contributed by atoms with Gasteiger partial charge in [-0.1, -0.05) is 36.4 Å². The first-order valence-corrected chi connectivity index (χ1v) is 14.8. The first-order chi connectivity index (χ1) is 20.5. The SMILES string of the molecule is O=c1c2ccccc2[nH]c2ccc([S+](c3ccc(-c4ccc(O)cc4)cc3)c3ccc(-c4ccc(O)cc4)cc3)cc12. The highest BCUT2D eigenvalue weighted by molar-refractivity contribution is 7.97. The number of aromatic hydroxyl groups is 2. The molecule has 42 heavy (non-hydrogen) atoms. The first-order valence-electron chi connectivity index (χ1n) is 13.6. The van der Waals surface area contributed by atoms with Crippen LogP contribution in [0, 0.1) is 0 Å². The predicted octanol–water partition coefficient (Wildman–Crippen LogP) is 8.52. The van der Waals surface area contributed by atoms with Crippen molar-refractivity contribution >= 4 is 32.7 Å². The summed E-state index contributed by atoms with van der Waals surface area (Å²) in [5, 5.41) is 20.7. The lowest BCUT2D eigenvalue weighted by atomic mass is 10.1. The summed E-state index contributed by atoms with van der Waals surface area (Å²) >= 11 is 0. The van der Waals surface area contributed by atoms with Crippen LogP contribution in [-0.4, -0.2) is 15.2 Å². The van der Waals surface area contributed by atoms with Crippen molar-refractivity contribution in [1.29, 1.82) is 0 Å². The zero-order chi connectivity index (χ0) is 28.6. The lowest BCUT2D eigenvalue weighted by Gasteiger charge is -2.11. The number of hydrogen-bond donors (Lipinski definition) is 3. The molecule has 0 aliphatic rings. The molecule has 3 N–H and O–H groups in total. The molecule has 0 spiro atoms. The first kappa shape index (κ1) is 25.7. The average Bonchev–Trinajstić information content (AvgIpc) is 3.03. The van der Waals surface area contributed by atoms with Crippen LogP contribution in [0.2, 0.25) is 0 Å². The van der Waals surface area contributed by atoms with E-state index in [9.17, 15) is 15.0 Å². The lowest BCUT2D eigenvalue weighted by molar-refractivity contribution is 0.475. The number of para-hydroxylation sites is 1. The van der Waals surface area contributed by atoms with Crippen LogP contribution in [0.1, 0.15) is 0 Å². The largest absolute Gasteiger partial charge is 0.508 e. The van der Waals surface area contributed by atoms with E-state index in [1.54, 1.807) is 24.3 Å². The maximum absolute atomic E-state index is 13.5. The number of H-pyrrole nitrogens is 1. The van der Waals surface area contributed by atoms with Gasteiger partial charge in [-0.05, 0) is 119 Å². The minimum Gasteiger partial charge on any atom is -0.508 e. The third-order valence-electron chi connectivity index (χ3n) is 7.49. The zero-order valence-corrected chi connectivity index (χ0v) is 23.3. The number of benzene rings is 6. The second-order valence-corrected chi connectivity index (χ2v) is 12.2. The van der Waals surface area contributed by atoms with Gasteiger partial charge in [0.15, 0.2) is 20.1 Å². The van der Waals surface area contributed by atoms with Crippen LogP contribution in [-0.2, 0) is 10.9 Å². The van der Waals surface area contributed by atoms with Crippen LogP contribution in [0.5, 0.6) is 11.5 Å². The van der Waals surface area contributed by atoms with Crippen molar-refractivity contribution in [3.05, 3.63) is 150 Å². The predicted molar refractivity (Wildman–Crippen MR) is 171 cm³/mol. The normalized spacial score (nSPS) is 11.4. The molecule has 0 bridgehead atoms. The molecule has 0 unspecified atom stereocenters. The fraction of sp³-hybridized carbons (Fsp3) is 0.